The van der Waals surface area contributed by atoms with Gasteiger partial charge in [0.2, 0.25) is 5.78 Å². The fourth-order valence-corrected chi connectivity index (χ4v) is 4.01. The molecule has 0 saturated carbocycles. The van der Waals surface area contributed by atoms with Crippen LogP contribution in [-0.2, 0) is 4.79 Å². The molecule has 3 aromatic rings. The molecule has 1 aliphatic rings. The first kappa shape index (κ1) is 21.7. The number of aliphatic hydroxyl groups is 1. The second kappa shape index (κ2) is 8.55. The number of hydrogen-bond donors (Lipinski definition) is 1. The van der Waals surface area contributed by atoms with Crippen molar-refractivity contribution in [3.63, 3.8) is 0 Å². The van der Waals surface area contributed by atoms with Crippen LogP contribution >= 0.6 is 0 Å². The van der Waals surface area contributed by atoms with Gasteiger partial charge in [0.25, 0.3) is 5.91 Å². The lowest BCUT2D eigenvalue weighted by atomic mass is 9.99. The van der Waals surface area contributed by atoms with Crippen LogP contribution in [0, 0.1) is 6.92 Å². The summed E-state index contributed by atoms with van der Waals surface area (Å²) in [6.45, 7) is 2.89. The van der Waals surface area contributed by atoms with Gasteiger partial charge < -0.3 is 28.5 Å². The quantitative estimate of drug-likeness (QED) is 0.533. The average Bonchev–Trinajstić information content (AvgIpc) is 3.45. The number of furan rings is 2. The van der Waals surface area contributed by atoms with E-state index >= 15 is 0 Å². The number of aliphatic hydroxyl groups excluding tert-OH is 1. The van der Waals surface area contributed by atoms with Crippen LogP contribution in [0.4, 0.5) is 0 Å². The number of ketones is 1. The number of aryl methyl sites for hydroxylation is 1. The zero-order valence-electron chi connectivity index (χ0n) is 18.5. The highest BCUT2D eigenvalue weighted by Gasteiger charge is 2.45. The monoisotopic (exact) mass is 438 g/mol. The van der Waals surface area contributed by atoms with Gasteiger partial charge in [0.1, 0.15) is 17.6 Å². The molecule has 1 atom stereocenters. The standard InChI is InChI=1S/C24H26N2O6/c1-14-9-10-16(31-14)20-19(22(28)24(29)26(20)12-6-11-25(2)3)21(27)18-13-15-7-5-8-17(30-4)23(15)32-18/h5,7-10,13,20,28H,6,11-12H2,1-4H3/t20-/m0/s1. The van der Waals surface area contributed by atoms with Crippen molar-refractivity contribution in [2.45, 2.75) is 19.4 Å². The summed E-state index contributed by atoms with van der Waals surface area (Å²) in [5.74, 6) is -0.170. The van der Waals surface area contributed by atoms with Gasteiger partial charge in [-0.2, -0.15) is 0 Å². The lowest BCUT2D eigenvalue weighted by molar-refractivity contribution is -0.129. The van der Waals surface area contributed by atoms with Gasteiger partial charge in [0, 0.05) is 11.9 Å². The molecule has 0 unspecified atom stereocenters. The minimum atomic E-state index is -0.832. The SMILES string of the molecule is COc1cccc2cc(C(=O)C3=C(O)C(=O)N(CCCN(C)C)[C@H]3c3ccc(C)o3)oc12. The van der Waals surface area contributed by atoms with E-state index in [1.807, 2.05) is 19.0 Å². The summed E-state index contributed by atoms with van der Waals surface area (Å²) in [5.41, 5.74) is 0.378. The van der Waals surface area contributed by atoms with Gasteiger partial charge in [0.15, 0.2) is 22.9 Å². The molecule has 0 fully saturated rings. The number of rotatable bonds is 8. The highest BCUT2D eigenvalue weighted by molar-refractivity contribution is 6.16. The number of amides is 1. The molecule has 0 aliphatic carbocycles. The third-order valence-electron chi connectivity index (χ3n) is 5.53. The number of para-hydroxylation sites is 1. The van der Waals surface area contributed by atoms with Gasteiger partial charge in [0.05, 0.1) is 12.7 Å². The normalized spacial score (nSPS) is 16.6. The summed E-state index contributed by atoms with van der Waals surface area (Å²) in [7, 11) is 5.41. The van der Waals surface area contributed by atoms with Crippen LogP contribution in [0.15, 0.2) is 56.6 Å². The summed E-state index contributed by atoms with van der Waals surface area (Å²) < 4.78 is 16.9. The van der Waals surface area contributed by atoms with Crippen molar-refractivity contribution in [2.24, 2.45) is 0 Å². The largest absolute Gasteiger partial charge is 0.503 e. The number of benzene rings is 1. The van der Waals surface area contributed by atoms with Crippen molar-refractivity contribution in [2.75, 3.05) is 34.3 Å². The minimum absolute atomic E-state index is 0.0160. The van der Waals surface area contributed by atoms with E-state index < -0.39 is 23.5 Å². The Balaban J connectivity index is 1.74. The lowest BCUT2D eigenvalue weighted by Crippen LogP contribution is -2.33. The molecule has 0 saturated heterocycles. The van der Waals surface area contributed by atoms with E-state index in [0.29, 0.717) is 41.2 Å². The first-order chi connectivity index (χ1) is 15.3. The third kappa shape index (κ3) is 3.78. The summed E-state index contributed by atoms with van der Waals surface area (Å²) in [5, 5.41) is 11.4. The molecule has 8 nitrogen and oxygen atoms in total. The predicted octanol–water partition coefficient (Wildman–Crippen LogP) is 3.87. The molecule has 0 radical (unpaired) electrons. The van der Waals surface area contributed by atoms with Crippen molar-refractivity contribution in [1.29, 1.82) is 0 Å². The van der Waals surface area contributed by atoms with E-state index in [2.05, 4.69) is 0 Å². The van der Waals surface area contributed by atoms with Crippen LogP contribution in [0.3, 0.4) is 0 Å². The molecule has 2 aromatic heterocycles. The van der Waals surface area contributed by atoms with Crippen LogP contribution in [0.1, 0.15) is 34.5 Å². The summed E-state index contributed by atoms with van der Waals surface area (Å²) in [6, 6.07) is 9.57. The number of nitrogens with zero attached hydrogens (tertiary/aromatic N) is 2. The second-order valence-corrected chi connectivity index (χ2v) is 8.09. The molecule has 1 aromatic carbocycles. The van der Waals surface area contributed by atoms with E-state index in [4.69, 9.17) is 13.6 Å². The van der Waals surface area contributed by atoms with E-state index in [1.165, 1.54) is 12.0 Å². The number of hydrogen-bond acceptors (Lipinski definition) is 7. The molecule has 0 bridgehead atoms. The van der Waals surface area contributed by atoms with Gasteiger partial charge in [-0.1, -0.05) is 12.1 Å². The van der Waals surface area contributed by atoms with E-state index in [1.54, 1.807) is 43.3 Å². The van der Waals surface area contributed by atoms with E-state index in [9.17, 15) is 14.7 Å². The van der Waals surface area contributed by atoms with Crippen LogP contribution in [0.25, 0.3) is 11.0 Å². The van der Waals surface area contributed by atoms with Gasteiger partial charge >= 0.3 is 0 Å². The van der Waals surface area contributed by atoms with Crippen LogP contribution in [0.5, 0.6) is 5.75 Å². The Morgan fingerprint density at radius 3 is 2.66 bits per heavy atom. The first-order valence-electron chi connectivity index (χ1n) is 10.4. The number of carbonyl (C=O) groups excluding carboxylic acids is 2. The lowest BCUT2D eigenvalue weighted by Gasteiger charge is -2.25. The van der Waals surface area contributed by atoms with Crippen molar-refractivity contribution < 1.29 is 28.3 Å². The molecule has 3 heterocycles. The second-order valence-electron chi connectivity index (χ2n) is 8.09. The Morgan fingerprint density at radius 2 is 2.00 bits per heavy atom. The van der Waals surface area contributed by atoms with Gasteiger partial charge in [-0.3, -0.25) is 9.59 Å². The Kier molecular flexibility index (Phi) is 5.80. The van der Waals surface area contributed by atoms with Crippen LogP contribution in [-0.4, -0.2) is 60.9 Å². The van der Waals surface area contributed by atoms with Crippen molar-refractivity contribution in [3.8, 4) is 5.75 Å². The number of carbonyl (C=O) groups is 2. The Labute approximate surface area is 185 Å². The Morgan fingerprint density at radius 1 is 1.22 bits per heavy atom. The van der Waals surface area contributed by atoms with Gasteiger partial charge in [-0.15, -0.1) is 0 Å². The number of fused-ring (bicyclic) bond motifs is 1. The highest BCUT2D eigenvalue weighted by atomic mass is 16.5. The molecule has 8 heteroatoms. The summed E-state index contributed by atoms with van der Waals surface area (Å²) >= 11 is 0. The average molecular weight is 438 g/mol. The molecule has 1 aliphatic heterocycles. The molecular formula is C24H26N2O6. The smallest absolute Gasteiger partial charge is 0.290 e. The van der Waals surface area contributed by atoms with E-state index in [0.717, 1.165) is 6.54 Å². The van der Waals surface area contributed by atoms with Gasteiger partial charge in [-0.25, -0.2) is 0 Å². The maximum Gasteiger partial charge on any atom is 0.290 e. The third-order valence-corrected chi connectivity index (χ3v) is 5.53. The maximum absolute atomic E-state index is 13.5. The number of Topliss-reactive ketones (excluding diaryl/α,β-unsaturated/α-hetero) is 1. The first-order valence-corrected chi connectivity index (χ1v) is 10.4. The summed E-state index contributed by atoms with van der Waals surface area (Å²) in [4.78, 5) is 29.9. The van der Waals surface area contributed by atoms with Crippen LogP contribution in [0.2, 0.25) is 0 Å². The number of ether oxygens (including phenoxy) is 1. The topological polar surface area (TPSA) is 96.4 Å². The fourth-order valence-electron chi connectivity index (χ4n) is 4.01. The Hall–Kier alpha value is -3.52. The molecule has 32 heavy (non-hydrogen) atoms. The molecule has 1 N–H and O–H groups in total. The maximum atomic E-state index is 13.5. The number of methoxy groups -OCH3 is 1. The van der Waals surface area contributed by atoms with Crippen molar-refractivity contribution >= 4 is 22.7 Å². The minimum Gasteiger partial charge on any atom is -0.503 e. The molecule has 0 spiro atoms. The molecule has 168 valence electrons. The predicted molar refractivity (Wildman–Crippen MR) is 118 cm³/mol. The van der Waals surface area contributed by atoms with Crippen LogP contribution < -0.4 is 4.74 Å². The zero-order chi connectivity index (χ0) is 23.0. The Bertz CT molecular complexity index is 1200. The fraction of sp³-hybridized carbons (Fsp3) is 0.333. The highest BCUT2D eigenvalue weighted by Crippen LogP contribution is 2.40. The van der Waals surface area contributed by atoms with Crippen molar-refractivity contribution in [1.82, 2.24) is 9.80 Å². The molecule has 1 amide bonds. The van der Waals surface area contributed by atoms with Crippen molar-refractivity contribution in [3.05, 3.63) is 65.0 Å². The molecular weight excluding hydrogens is 412 g/mol. The zero-order valence-corrected chi connectivity index (χ0v) is 18.5. The summed E-state index contributed by atoms with van der Waals surface area (Å²) in [6.07, 6.45) is 0.672. The van der Waals surface area contributed by atoms with Gasteiger partial charge in [-0.05, 0) is 58.3 Å². The molecule has 4 rings (SSSR count). The van der Waals surface area contributed by atoms with E-state index in [-0.39, 0.29) is 11.3 Å².